The zero-order valence-electron chi connectivity index (χ0n) is 18.7. The Kier molecular flexibility index (Phi) is 3.04. The fraction of sp³-hybridized carbons (Fsp3) is 0.0667. The number of rotatable bonds is 0. The number of nitrogen functional groups attached to an aromatic ring is 1. The van der Waals surface area contributed by atoms with Crippen LogP contribution in [0.2, 0.25) is 0 Å². The van der Waals surface area contributed by atoms with Crippen LogP contribution in [0.15, 0.2) is 71.5 Å². The minimum absolute atomic E-state index is 0.0527. The topological polar surface area (TPSA) is 60.4 Å². The van der Waals surface area contributed by atoms with Crippen LogP contribution in [0, 0.1) is 13.8 Å². The molecule has 8 aromatic rings. The maximum Gasteiger partial charge on any atom is 0.264 e. The van der Waals surface area contributed by atoms with E-state index in [9.17, 15) is 4.79 Å². The first-order valence-corrected chi connectivity index (χ1v) is 11.5. The van der Waals surface area contributed by atoms with Crippen molar-refractivity contribution in [2.75, 3.05) is 5.73 Å². The largest absolute Gasteiger partial charge is 0.399 e. The van der Waals surface area contributed by atoms with E-state index in [2.05, 4.69) is 56.3 Å². The molecule has 0 saturated heterocycles. The Morgan fingerprint density at radius 2 is 1.18 bits per heavy atom. The molecule has 0 atom stereocenters. The van der Waals surface area contributed by atoms with Gasteiger partial charge in [0.15, 0.2) is 0 Å². The van der Waals surface area contributed by atoms with E-state index < -0.39 is 0 Å². The van der Waals surface area contributed by atoms with Crippen LogP contribution in [-0.4, -0.2) is 9.38 Å². The van der Waals surface area contributed by atoms with Gasteiger partial charge in [0.05, 0.1) is 11.0 Å². The molecule has 0 aliphatic rings. The van der Waals surface area contributed by atoms with Crippen molar-refractivity contribution in [2.24, 2.45) is 0 Å². The maximum absolute atomic E-state index is 13.8. The van der Waals surface area contributed by atoms with E-state index in [0.29, 0.717) is 16.7 Å². The number of benzene rings is 6. The molecule has 0 saturated carbocycles. The number of aromatic nitrogens is 2. The van der Waals surface area contributed by atoms with Crippen LogP contribution < -0.4 is 11.3 Å². The lowest BCUT2D eigenvalue weighted by Gasteiger charge is -2.18. The van der Waals surface area contributed by atoms with Gasteiger partial charge in [0.25, 0.3) is 5.56 Å². The molecule has 0 bridgehead atoms. The van der Waals surface area contributed by atoms with Crippen LogP contribution in [0.5, 0.6) is 0 Å². The van der Waals surface area contributed by atoms with Gasteiger partial charge in [-0.25, -0.2) is 4.98 Å². The first-order chi connectivity index (χ1) is 16.5. The third-order valence-electron chi connectivity index (χ3n) is 7.67. The number of fused-ring (bicyclic) bond motifs is 6. The number of nitrogens with zero attached hydrogens (tertiary/aromatic N) is 2. The summed E-state index contributed by atoms with van der Waals surface area (Å²) in [5.74, 6) is 0. The highest BCUT2D eigenvalue weighted by Crippen LogP contribution is 2.44. The number of hydrogen-bond acceptors (Lipinski definition) is 3. The van der Waals surface area contributed by atoms with Gasteiger partial charge in [0.1, 0.15) is 5.65 Å². The second-order valence-electron chi connectivity index (χ2n) is 9.51. The van der Waals surface area contributed by atoms with Crippen LogP contribution in [-0.2, 0) is 0 Å². The number of nitrogens with two attached hydrogens (primary N) is 1. The summed E-state index contributed by atoms with van der Waals surface area (Å²) in [6.07, 6.45) is 0. The van der Waals surface area contributed by atoms with Gasteiger partial charge in [-0.05, 0) is 93.0 Å². The van der Waals surface area contributed by atoms with Crippen LogP contribution in [0.3, 0.4) is 0 Å². The smallest absolute Gasteiger partial charge is 0.264 e. The molecular formula is C30H19N3O. The van der Waals surface area contributed by atoms with Crippen molar-refractivity contribution in [1.29, 1.82) is 0 Å². The molecule has 0 spiro atoms. The van der Waals surface area contributed by atoms with E-state index in [1.165, 1.54) is 43.4 Å². The van der Waals surface area contributed by atoms with E-state index in [1.807, 2.05) is 24.3 Å². The lowest BCUT2D eigenvalue weighted by molar-refractivity contribution is 1.19. The highest BCUT2D eigenvalue weighted by Gasteiger charge is 2.21. The minimum atomic E-state index is -0.0527. The lowest BCUT2D eigenvalue weighted by Crippen LogP contribution is -2.13. The molecule has 6 aromatic carbocycles. The molecule has 0 radical (unpaired) electrons. The van der Waals surface area contributed by atoms with E-state index >= 15 is 0 Å². The van der Waals surface area contributed by atoms with Crippen molar-refractivity contribution in [1.82, 2.24) is 9.38 Å². The van der Waals surface area contributed by atoms with Gasteiger partial charge >= 0.3 is 0 Å². The quantitative estimate of drug-likeness (QED) is 0.163. The first kappa shape index (κ1) is 18.0. The van der Waals surface area contributed by atoms with E-state index in [1.54, 1.807) is 4.40 Å². The summed E-state index contributed by atoms with van der Waals surface area (Å²) >= 11 is 0. The third kappa shape index (κ3) is 1.92. The summed E-state index contributed by atoms with van der Waals surface area (Å²) in [7, 11) is 0. The average molecular weight is 438 g/mol. The SMILES string of the molecule is Cc1ccc2c3ccc4c(=O)n5c6cc(N)ccc6nc5c5ccc(c6ccc(C)c1c26)c3c45. The Balaban J connectivity index is 1.72. The zero-order chi connectivity index (χ0) is 22.9. The molecule has 0 aliphatic carbocycles. The minimum Gasteiger partial charge on any atom is -0.399 e. The molecule has 4 nitrogen and oxygen atoms in total. The lowest BCUT2D eigenvalue weighted by atomic mass is 9.85. The first-order valence-electron chi connectivity index (χ1n) is 11.5. The Morgan fingerprint density at radius 1 is 0.647 bits per heavy atom. The summed E-state index contributed by atoms with van der Waals surface area (Å²) in [5.41, 5.74) is 11.4. The molecule has 34 heavy (non-hydrogen) atoms. The van der Waals surface area contributed by atoms with Crippen LogP contribution in [0.1, 0.15) is 11.1 Å². The molecule has 2 heterocycles. The van der Waals surface area contributed by atoms with Crippen molar-refractivity contribution in [3.8, 4) is 0 Å². The summed E-state index contributed by atoms with van der Waals surface area (Å²) in [5, 5.41) is 11.3. The van der Waals surface area contributed by atoms with Crippen molar-refractivity contribution in [3.05, 3.63) is 88.2 Å². The average Bonchev–Trinajstić information content (AvgIpc) is 3.22. The monoisotopic (exact) mass is 437 g/mol. The van der Waals surface area contributed by atoms with Gasteiger partial charge in [0, 0.05) is 21.8 Å². The Hall–Kier alpha value is -4.44. The van der Waals surface area contributed by atoms with Gasteiger partial charge in [-0.15, -0.1) is 0 Å². The van der Waals surface area contributed by atoms with Gasteiger partial charge < -0.3 is 5.73 Å². The van der Waals surface area contributed by atoms with Crippen LogP contribution in [0.4, 0.5) is 5.69 Å². The van der Waals surface area contributed by atoms with Crippen molar-refractivity contribution in [3.63, 3.8) is 0 Å². The zero-order valence-corrected chi connectivity index (χ0v) is 18.7. The second-order valence-corrected chi connectivity index (χ2v) is 9.51. The van der Waals surface area contributed by atoms with Crippen molar-refractivity contribution in [2.45, 2.75) is 13.8 Å². The van der Waals surface area contributed by atoms with E-state index in [4.69, 9.17) is 10.7 Å². The van der Waals surface area contributed by atoms with Gasteiger partial charge in [-0.3, -0.25) is 9.20 Å². The Bertz CT molecular complexity index is 2170. The molecule has 160 valence electrons. The number of anilines is 1. The molecule has 4 heteroatoms. The maximum atomic E-state index is 13.8. The molecule has 0 amide bonds. The molecule has 8 rings (SSSR count). The fourth-order valence-corrected chi connectivity index (χ4v) is 6.23. The van der Waals surface area contributed by atoms with Crippen molar-refractivity contribution < 1.29 is 0 Å². The van der Waals surface area contributed by atoms with E-state index in [0.717, 1.165) is 27.2 Å². The predicted molar refractivity (Wildman–Crippen MR) is 143 cm³/mol. The standard InChI is InChI=1S/C30H19N3O/c1-14-3-6-17-19-8-10-21-28-22(30(34)33-24-13-16(31)5-12-23(24)32-29(21)33)11-9-20(27(19)28)18-7-4-15(2)25(14)26(17)18/h3-13H,31H2,1-2H3. The molecular weight excluding hydrogens is 418 g/mol. The predicted octanol–water partition coefficient (Wildman–Crippen LogP) is 6.69. The number of hydrogen-bond donors (Lipinski definition) is 1. The van der Waals surface area contributed by atoms with Crippen LogP contribution in [0.25, 0.3) is 70.5 Å². The highest BCUT2D eigenvalue weighted by atomic mass is 16.1. The van der Waals surface area contributed by atoms with Gasteiger partial charge in [-0.2, -0.15) is 0 Å². The second kappa shape index (κ2) is 5.72. The summed E-state index contributed by atoms with van der Waals surface area (Å²) in [6.45, 7) is 4.36. The normalized spacial score (nSPS) is 12.6. The molecule has 0 fully saturated rings. The Morgan fingerprint density at radius 3 is 1.85 bits per heavy atom. The van der Waals surface area contributed by atoms with Crippen LogP contribution >= 0.6 is 0 Å². The molecule has 2 N–H and O–H groups in total. The summed E-state index contributed by atoms with van der Waals surface area (Å²) in [6, 6.07) is 22.9. The third-order valence-corrected chi connectivity index (χ3v) is 7.67. The van der Waals surface area contributed by atoms with Gasteiger partial charge in [0.2, 0.25) is 0 Å². The fourth-order valence-electron chi connectivity index (χ4n) is 6.23. The number of pyridine rings is 1. The summed E-state index contributed by atoms with van der Waals surface area (Å²) < 4.78 is 1.72. The molecule has 0 unspecified atom stereocenters. The number of imidazole rings is 1. The van der Waals surface area contributed by atoms with Crippen molar-refractivity contribution >= 4 is 76.2 Å². The molecule has 2 aromatic heterocycles. The molecule has 0 aliphatic heterocycles. The van der Waals surface area contributed by atoms with Gasteiger partial charge in [-0.1, -0.05) is 36.4 Å². The highest BCUT2D eigenvalue weighted by molar-refractivity contribution is 6.38. The van der Waals surface area contributed by atoms with E-state index in [-0.39, 0.29) is 5.56 Å². The Labute approximate surface area is 193 Å². The number of aryl methyl sites for hydroxylation is 2. The summed E-state index contributed by atoms with van der Waals surface area (Å²) in [4.78, 5) is 18.7.